The second-order valence-corrected chi connectivity index (χ2v) is 16.2. The van der Waals surface area contributed by atoms with Crippen LogP contribution in [0.3, 0.4) is 0 Å². The summed E-state index contributed by atoms with van der Waals surface area (Å²) >= 11 is 0.485. The fraction of sp³-hybridized carbons (Fsp3) is 0. The quantitative estimate of drug-likeness (QED) is 0.166. The molecule has 1 aliphatic rings. The van der Waals surface area contributed by atoms with Crippen molar-refractivity contribution in [3.05, 3.63) is 158 Å². The molecule has 0 unspecified atom stereocenters. The van der Waals surface area contributed by atoms with Gasteiger partial charge in [0.1, 0.15) is 0 Å². The average Bonchev–Trinajstić information content (AvgIpc) is 3.66. The zero-order chi connectivity index (χ0) is 30.2. The fourth-order valence-corrected chi connectivity index (χ4v) is 12.0. The van der Waals surface area contributed by atoms with Crippen LogP contribution in [0.4, 0.5) is 17.1 Å². The molecular weight excluding hydrogens is 690 g/mol. The molecule has 2 aromatic heterocycles. The van der Waals surface area contributed by atoms with E-state index in [0.29, 0.717) is 14.5 Å². The summed E-state index contributed by atoms with van der Waals surface area (Å²) in [5.74, 6) is 0. The number of para-hydroxylation sites is 3. The van der Waals surface area contributed by atoms with Gasteiger partial charge in [-0.15, -0.1) is 0 Å². The molecule has 46 heavy (non-hydrogen) atoms. The van der Waals surface area contributed by atoms with Crippen molar-refractivity contribution in [2.75, 3.05) is 4.90 Å². The van der Waals surface area contributed by atoms with Crippen molar-refractivity contribution < 1.29 is 0 Å². The Hall–Kier alpha value is -4.82. The third-order valence-electron chi connectivity index (χ3n) is 9.16. The first kappa shape index (κ1) is 26.4. The number of benzene rings is 7. The predicted octanol–water partition coefficient (Wildman–Crippen LogP) is 9.25. The Bertz CT molecular complexity index is 2630. The third kappa shape index (κ3) is 3.89. The second-order valence-electron chi connectivity index (χ2n) is 11.7. The number of aromatic nitrogens is 1. The summed E-state index contributed by atoms with van der Waals surface area (Å²) in [6.07, 6.45) is 0. The van der Waals surface area contributed by atoms with Gasteiger partial charge in [0.15, 0.2) is 0 Å². The van der Waals surface area contributed by atoms with E-state index in [4.69, 9.17) is 0 Å². The molecule has 216 valence electrons. The summed E-state index contributed by atoms with van der Waals surface area (Å²) in [7, 11) is 0. The van der Waals surface area contributed by atoms with E-state index >= 15 is 0 Å². The van der Waals surface area contributed by atoms with Crippen LogP contribution in [0.15, 0.2) is 158 Å². The van der Waals surface area contributed by atoms with Gasteiger partial charge in [-0.25, -0.2) is 0 Å². The number of anilines is 3. The number of hydrogen-bond acceptors (Lipinski definition) is 1. The van der Waals surface area contributed by atoms with E-state index in [2.05, 4.69) is 167 Å². The van der Waals surface area contributed by atoms with Gasteiger partial charge in [-0.1, -0.05) is 0 Å². The maximum absolute atomic E-state index is 2.53. The Kier molecular flexibility index (Phi) is 5.94. The summed E-state index contributed by atoms with van der Waals surface area (Å²) in [6.45, 7) is 0. The maximum atomic E-state index is 2.53. The van der Waals surface area contributed by atoms with Crippen LogP contribution in [0.1, 0.15) is 0 Å². The van der Waals surface area contributed by atoms with E-state index in [-0.39, 0.29) is 15.0 Å². The number of hydrogen-bond donors (Lipinski definition) is 0. The van der Waals surface area contributed by atoms with Crippen LogP contribution < -0.4 is 13.8 Å². The number of nitrogens with zero attached hydrogens (tertiary/aromatic N) is 2. The van der Waals surface area contributed by atoms with Crippen LogP contribution in [0.2, 0.25) is 0 Å². The third-order valence-corrected chi connectivity index (χ3v) is 14.1. The Balaban J connectivity index is 1.22. The Labute approximate surface area is 279 Å². The van der Waals surface area contributed by atoms with Gasteiger partial charge in [0.25, 0.3) is 0 Å². The van der Waals surface area contributed by atoms with Crippen LogP contribution in [-0.2, 0) is 0 Å². The van der Waals surface area contributed by atoms with E-state index in [9.17, 15) is 0 Å². The molecule has 0 bridgehead atoms. The molecule has 1 aliphatic heterocycles. The zero-order valence-corrected chi connectivity index (χ0v) is 28.1. The van der Waals surface area contributed by atoms with Gasteiger partial charge in [-0.05, 0) is 0 Å². The summed E-state index contributed by atoms with van der Waals surface area (Å²) in [5.41, 5.74) is 10.1. The van der Waals surface area contributed by atoms with Crippen molar-refractivity contribution in [1.82, 2.24) is 4.57 Å². The molecule has 10 rings (SSSR count). The summed E-state index contributed by atoms with van der Waals surface area (Å²) < 4.78 is 8.31. The van der Waals surface area contributed by atoms with Crippen molar-refractivity contribution in [3.8, 4) is 16.8 Å². The molecule has 9 aromatic rings. The Morgan fingerprint density at radius 2 is 1.22 bits per heavy atom. The standard InChI is InChI=1S/C42H26N2Se2/c1-2-13-28(14-3-1)43-35-20-7-9-23-38(35)46-42-30(18-11-21-36(42)43)27-12-10-15-29(26-27)44-34-19-6-4-16-31(34)32-24-25-39-40(41(32)44)33-17-5-8-22-37(33)45-39/h1-26H. The van der Waals surface area contributed by atoms with E-state index in [1.807, 2.05) is 0 Å². The van der Waals surface area contributed by atoms with Gasteiger partial charge in [0, 0.05) is 0 Å². The molecule has 0 aliphatic carbocycles. The first-order valence-electron chi connectivity index (χ1n) is 15.5. The van der Waals surface area contributed by atoms with Crippen LogP contribution >= 0.6 is 0 Å². The molecule has 0 amide bonds. The molecule has 4 heteroatoms. The minimum absolute atomic E-state index is 0.170. The van der Waals surface area contributed by atoms with E-state index < -0.39 is 0 Å². The van der Waals surface area contributed by atoms with Gasteiger partial charge >= 0.3 is 281 Å². The van der Waals surface area contributed by atoms with Gasteiger partial charge in [-0.2, -0.15) is 0 Å². The summed E-state index contributed by atoms with van der Waals surface area (Å²) in [6, 6.07) is 58.4. The number of fused-ring (bicyclic) bond motifs is 9. The van der Waals surface area contributed by atoms with Crippen LogP contribution in [0, 0.1) is 0 Å². The van der Waals surface area contributed by atoms with Crippen LogP contribution in [0.5, 0.6) is 0 Å². The Morgan fingerprint density at radius 3 is 2.15 bits per heavy atom. The molecule has 3 heterocycles. The second kappa shape index (κ2) is 10.4. The SMILES string of the molecule is c1ccc(N2c3ccccc3[Se]c3c(-c4cccc(-n5c6ccccc6c6ccc7[se]c8ccccc8c7c65)c4)cccc32)cc1. The number of rotatable bonds is 3. The molecule has 7 aromatic carbocycles. The van der Waals surface area contributed by atoms with Crippen LogP contribution in [0.25, 0.3) is 57.9 Å². The molecule has 0 fully saturated rings. The molecule has 0 saturated heterocycles. The molecule has 2 nitrogen and oxygen atoms in total. The first-order chi connectivity index (χ1) is 22.8. The van der Waals surface area contributed by atoms with Gasteiger partial charge in [-0.3, -0.25) is 0 Å². The van der Waals surface area contributed by atoms with E-state index in [1.54, 1.807) is 0 Å². The van der Waals surface area contributed by atoms with E-state index in [1.165, 1.54) is 83.9 Å². The van der Waals surface area contributed by atoms with Crippen molar-refractivity contribution >= 4 is 96.5 Å². The molecule has 0 saturated carbocycles. The molecule has 0 atom stereocenters. The van der Waals surface area contributed by atoms with Crippen LogP contribution in [-0.4, -0.2) is 34.0 Å². The predicted molar refractivity (Wildman–Crippen MR) is 198 cm³/mol. The van der Waals surface area contributed by atoms with Crippen molar-refractivity contribution in [3.63, 3.8) is 0 Å². The first-order valence-corrected chi connectivity index (χ1v) is 19.0. The Morgan fingerprint density at radius 1 is 0.478 bits per heavy atom. The monoisotopic (exact) mass is 718 g/mol. The molecule has 0 spiro atoms. The van der Waals surface area contributed by atoms with Gasteiger partial charge in [0.2, 0.25) is 0 Å². The van der Waals surface area contributed by atoms with Crippen molar-refractivity contribution in [2.45, 2.75) is 0 Å². The summed E-state index contributed by atoms with van der Waals surface area (Å²) in [4.78, 5) is 2.44. The average molecular weight is 717 g/mol. The zero-order valence-electron chi connectivity index (χ0n) is 24.7. The van der Waals surface area contributed by atoms with Gasteiger partial charge < -0.3 is 0 Å². The van der Waals surface area contributed by atoms with E-state index in [0.717, 1.165) is 0 Å². The van der Waals surface area contributed by atoms with Gasteiger partial charge in [0.05, 0.1) is 0 Å². The molecular formula is C42H26N2Se2. The summed E-state index contributed by atoms with van der Waals surface area (Å²) in [5, 5.41) is 5.42. The topological polar surface area (TPSA) is 8.17 Å². The molecule has 0 radical (unpaired) electrons. The normalized spacial score (nSPS) is 12.7. The van der Waals surface area contributed by atoms with Crippen molar-refractivity contribution in [2.24, 2.45) is 0 Å². The minimum atomic E-state index is 0.170. The van der Waals surface area contributed by atoms with Crippen molar-refractivity contribution in [1.29, 1.82) is 0 Å². The fourth-order valence-electron chi connectivity index (χ4n) is 7.20. The molecule has 0 N–H and O–H groups in total.